The Morgan fingerprint density at radius 3 is 2.66 bits per heavy atom. The fourth-order valence-electron chi connectivity index (χ4n) is 3.06. The maximum atomic E-state index is 12.1. The van der Waals surface area contributed by atoms with E-state index in [1.54, 1.807) is 12.4 Å². The summed E-state index contributed by atoms with van der Waals surface area (Å²) in [5.74, 6) is 0.722. The SMILES string of the molecule is CNc1nccn2c(-c3ccc(NC(=O)NCCc4ccccn4)cc3)cnc12. The van der Waals surface area contributed by atoms with Gasteiger partial charge in [-0.15, -0.1) is 0 Å². The van der Waals surface area contributed by atoms with Crippen molar-refractivity contribution >= 4 is 23.2 Å². The Balaban J connectivity index is 1.39. The lowest BCUT2D eigenvalue weighted by Crippen LogP contribution is -2.30. The van der Waals surface area contributed by atoms with Crippen molar-refractivity contribution in [1.82, 2.24) is 24.7 Å². The van der Waals surface area contributed by atoms with E-state index in [2.05, 4.69) is 30.9 Å². The predicted molar refractivity (Wildman–Crippen MR) is 113 cm³/mol. The Hall–Kier alpha value is -3.94. The highest BCUT2D eigenvalue weighted by molar-refractivity contribution is 5.89. The normalized spacial score (nSPS) is 10.7. The number of anilines is 2. The molecule has 0 bridgehead atoms. The van der Waals surface area contributed by atoms with Crippen LogP contribution in [0.25, 0.3) is 16.9 Å². The van der Waals surface area contributed by atoms with Crippen molar-refractivity contribution in [2.45, 2.75) is 6.42 Å². The van der Waals surface area contributed by atoms with Gasteiger partial charge in [-0.1, -0.05) is 18.2 Å². The molecule has 146 valence electrons. The number of amides is 2. The molecule has 3 aromatic heterocycles. The van der Waals surface area contributed by atoms with E-state index in [4.69, 9.17) is 0 Å². The van der Waals surface area contributed by atoms with Gasteiger partial charge in [-0.25, -0.2) is 14.8 Å². The summed E-state index contributed by atoms with van der Waals surface area (Å²) in [6.07, 6.45) is 7.85. The summed E-state index contributed by atoms with van der Waals surface area (Å²) in [7, 11) is 1.82. The lowest BCUT2D eigenvalue weighted by Gasteiger charge is -2.09. The number of hydrogen-bond donors (Lipinski definition) is 3. The van der Waals surface area contributed by atoms with Crippen LogP contribution in [0.1, 0.15) is 5.69 Å². The molecule has 2 amide bonds. The fraction of sp³-hybridized carbons (Fsp3) is 0.143. The van der Waals surface area contributed by atoms with Crippen LogP contribution in [0.4, 0.5) is 16.3 Å². The van der Waals surface area contributed by atoms with Crippen molar-refractivity contribution in [3.8, 4) is 11.3 Å². The second kappa shape index (κ2) is 8.39. The average Bonchev–Trinajstić information content (AvgIpc) is 3.19. The van der Waals surface area contributed by atoms with Crippen molar-refractivity contribution in [2.24, 2.45) is 0 Å². The number of nitrogens with one attached hydrogen (secondary N) is 3. The van der Waals surface area contributed by atoms with E-state index in [0.717, 1.165) is 34.1 Å². The van der Waals surface area contributed by atoms with E-state index in [-0.39, 0.29) is 6.03 Å². The molecule has 0 radical (unpaired) electrons. The van der Waals surface area contributed by atoms with Crippen LogP contribution in [0.2, 0.25) is 0 Å². The van der Waals surface area contributed by atoms with Crippen molar-refractivity contribution in [3.05, 3.63) is 72.9 Å². The summed E-state index contributed by atoms with van der Waals surface area (Å²) in [5, 5.41) is 8.72. The molecule has 0 aliphatic carbocycles. The van der Waals surface area contributed by atoms with E-state index < -0.39 is 0 Å². The Labute approximate surface area is 168 Å². The van der Waals surface area contributed by atoms with Gasteiger partial charge < -0.3 is 16.0 Å². The third-order valence-corrected chi connectivity index (χ3v) is 4.50. The molecule has 0 aliphatic heterocycles. The van der Waals surface area contributed by atoms with Gasteiger partial charge in [0.25, 0.3) is 0 Å². The minimum absolute atomic E-state index is 0.242. The highest BCUT2D eigenvalue weighted by Gasteiger charge is 2.10. The molecule has 0 saturated carbocycles. The molecule has 0 atom stereocenters. The molecule has 8 nitrogen and oxygen atoms in total. The molecular formula is C21H21N7O. The number of benzene rings is 1. The van der Waals surface area contributed by atoms with E-state index >= 15 is 0 Å². The number of imidazole rings is 1. The lowest BCUT2D eigenvalue weighted by molar-refractivity contribution is 0.252. The van der Waals surface area contributed by atoms with Gasteiger partial charge in [0.05, 0.1) is 11.9 Å². The Kier molecular flexibility index (Phi) is 5.33. The summed E-state index contributed by atoms with van der Waals surface area (Å²) >= 11 is 0. The zero-order chi connectivity index (χ0) is 20.1. The Morgan fingerprint density at radius 1 is 1.03 bits per heavy atom. The smallest absolute Gasteiger partial charge is 0.319 e. The Bertz CT molecular complexity index is 1110. The maximum absolute atomic E-state index is 12.1. The van der Waals surface area contributed by atoms with Gasteiger partial charge in [-0.05, 0) is 24.3 Å². The Morgan fingerprint density at radius 2 is 1.90 bits per heavy atom. The van der Waals surface area contributed by atoms with Crippen molar-refractivity contribution < 1.29 is 4.79 Å². The molecule has 1 aromatic carbocycles. The largest absolute Gasteiger partial charge is 0.370 e. The summed E-state index contributed by atoms with van der Waals surface area (Å²) < 4.78 is 1.98. The first kappa shape index (κ1) is 18.4. The number of carbonyl (C=O) groups excluding carboxylic acids is 1. The summed E-state index contributed by atoms with van der Waals surface area (Å²) in [4.78, 5) is 25.0. The van der Waals surface area contributed by atoms with E-state index in [0.29, 0.717) is 13.0 Å². The monoisotopic (exact) mass is 387 g/mol. The van der Waals surface area contributed by atoms with E-state index in [9.17, 15) is 4.79 Å². The van der Waals surface area contributed by atoms with E-state index in [1.165, 1.54) is 0 Å². The number of aromatic nitrogens is 4. The van der Waals surface area contributed by atoms with E-state index in [1.807, 2.05) is 66.3 Å². The van der Waals surface area contributed by atoms with Crippen LogP contribution in [0.5, 0.6) is 0 Å². The molecule has 3 N–H and O–H groups in total. The van der Waals surface area contributed by atoms with Crippen molar-refractivity contribution in [2.75, 3.05) is 24.2 Å². The zero-order valence-corrected chi connectivity index (χ0v) is 16.0. The summed E-state index contributed by atoms with van der Waals surface area (Å²) in [5.41, 5.74) is 4.37. The second-order valence-electron chi connectivity index (χ2n) is 6.39. The summed E-state index contributed by atoms with van der Waals surface area (Å²) in [6.45, 7) is 0.518. The number of pyridine rings is 1. The van der Waals surface area contributed by atoms with Gasteiger partial charge in [0.1, 0.15) is 0 Å². The highest BCUT2D eigenvalue weighted by atomic mass is 16.2. The molecular weight excluding hydrogens is 366 g/mol. The van der Waals surface area contributed by atoms with Crippen LogP contribution in [0, 0.1) is 0 Å². The number of rotatable bonds is 6. The van der Waals surface area contributed by atoms with Crippen LogP contribution in [0.3, 0.4) is 0 Å². The quantitative estimate of drug-likeness (QED) is 0.472. The lowest BCUT2D eigenvalue weighted by atomic mass is 10.1. The van der Waals surface area contributed by atoms with Gasteiger partial charge in [-0.2, -0.15) is 0 Å². The molecule has 0 spiro atoms. The van der Waals surface area contributed by atoms with Crippen LogP contribution >= 0.6 is 0 Å². The van der Waals surface area contributed by atoms with Crippen molar-refractivity contribution in [3.63, 3.8) is 0 Å². The zero-order valence-electron chi connectivity index (χ0n) is 16.0. The van der Waals surface area contributed by atoms with Gasteiger partial charge in [-0.3, -0.25) is 9.38 Å². The molecule has 3 heterocycles. The van der Waals surface area contributed by atoms with Gasteiger partial charge in [0.2, 0.25) is 0 Å². The average molecular weight is 387 g/mol. The van der Waals surface area contributed by atoms with Gasteiger partial charge in [0, 0.05) is 55.5 Å². The first-order valence-electron chi connectivity index (χ1n) is 9.29. The standard InChI is InChI=1S/C21H21N7O/c1-22-19-20-26-14-18(28(20)13-12-24-19)15-5-7-17(8-6-15)27-21(29)25-11-9-16-4-2-3-10-23-16/h2-8,10,12-14H,9,11H2,1H3,(H,22,24)(H2,25,27,29). The second-order valence-corrected chi connectivity index (χ2v) is 6.39. The third kappa shape index (κ3) is 4.16. The van der Waals surface area contributed by atoms with Gasteiger partial charge in [0.15, 0.2) is 11.5 Å². The third-order valence-electron chi connectivity index (χ3n) is 4.50. The van der Waals surface area contributed by atoms with Crippen LogP contribution in [-0.2, 0) is 6.42 Å². The molecule has 4 aromatic rings. The molecule has 8 heteroatoms. The molecule has 0 unspecified atom stereocenters. The number of nitrogens with zero attached hydrogens (tertiary/aromatic N) is 4. The molecule has 0 fully saturated rings. The van der Waals surface area contributed by atoms with Gasteiger partial charge >= 0.3 is 6.03 Å². The minimum Gasteiger partial charge on any atom is -0.370 e. The van der Waals surface area contributed by atoms with Crippen molar-refractivity contribution in [1.29, 1.82) is 0 Å². The number of carbonyl (C=O) groups is 1. The first-order chi connectivity index (χ1) is 14.2. The fourth-order valence-corrected chi connectivity index (χ4v) is 3.06. The van der Waals surface area contributed by atoms with Crippen LogP contribution < -0.4 is 16.0 Å². The number of urea groups is 1. The maximum Gasteiger partial charge on any atom is 0.319 e. The number of fused-ring (bicyclic) bond motifs is 1. The topological polar surface area (TPSA) is 96.2 Å². The molecule has 29 heavy (non-hydrogen) atoms. The highest BCUT2D eigenvalue weighted by Crippen LogP contribution is 2.24. The first-order valence-corrected chi connectivity index (χ1v) is 9.29. The van der Waals surface area contributed by atoms with Crippen LogP contribution in [-0.4, -0.2) is 39.0 Å². The molecule has 0 aliphatic rings. The predicted octanol–water partition coefficient (Wildman–Crippen LogP) is 3.20. The minimum atomic E-state index is -0.242. The molecule has 4 rings (SSSR count). The molecule has 0 saturated heterocycles. The number of hydrogen-bond acceptors (Lipinski definition) is 5. The van der Waals surface area contributed by atoms with Crippen LogP contribution in [0.15, 0.2) is 67.3 Å². The summed E-state index contributed by atoms with van der Waals surface area (Å²) in [6, 6.07) is 13.1.